The zero-order valence-corrected chi connectivity index (χ0v) is 24.3. The van der Waals surface area contributed by atoms with Crippen molar-refractivity contribution in [3.8, 4) is 0 Å². The van der Waals surface area contributed by atoms with Crippen LogP contribution in [0.2, 0.25) is 0 Å². The third-order valence-electron chi connectivity index (χ3n) is 10.5. The zero-order chi connectivity index (χ0) is 29.2. The van der Waals surface area contributed by atoms with E-state index in [2.05, 4.69) is 32.5 Å². The van der Waals surface area contributed by atoms with Crippen molar-refractivity contribution in [2.75, 3.05) is 35.8 Å². The molecule has 2 saturated heterocycles. The molecule has 7 rings (SSSR count). The molecule has 1 spiro atoms. The largest absolute Gasteiger partial charge is 0.351 e. The molecule has 2 bridgehead atoms. The first kappa shape index (κ1) is 27.5. The van der Waals surface area contributed by atoms with Crippen LogP contribution in [0.3, 0.4) is 0 Å². The van der Waals surface area contributed by atoms with E-state index in [9.17, 15) is 9.59 Å². The molecule has 4 fully saturated rings. The van der Waals surface area contributed by atoms with Crippen molar-refractivity contribution < 1.29 is 18.4 Å². The number of anilines is 4. The molecule has 42 heavy (non-hydrogen) atoms. The van der Waals surface area contributed by atoms with Gasteiger partial charge in [-0.3, -0.25) is 9.59 Å². The number of carbonyl (C=O) groups is 2. The number of hydrogen-bond acceptors (Lipinski definition) is 7. The maximum atomic E-state index is 15.3. The Morgan fingerprint density at radius 2 is 1.67 bits per heavy atom. The van der Waals surface area contributed by atoms with Crippen molar-refractivity contribution in [2.45, 2.75) is 94.8 Å². The fourth-order valence-electron chi connectivity index (χ4n) is 7.78. The molecule has 9 nitrogen and oxygen atoms in total. The summed E-state index contributed by atoms with van der Waals surface area (Å²) in [6, 6.07) is 2.98. The SMILES string of the molecule is CN1C(=O)C2(CC2)CN(C2CCCC2)c2nc(Nc3cc(F)c(C(=O)N[C@H]4C[C@H]5CCC[C@@H](C4)N5C)cc3F)ncc21. The molecule has 2 N–H and O–H groups in total. The van der Waals surface area contributed by atoms with Gasteiger partial charge in [0.2, 0.25) is 11.9 Å². The summed E-state index contributed by atoms with van der Waals surface area (Å²) in [5, 5.41) is 5.79. The predicted molar refractivity (Wildman–Crippen MR) is 156 cm³/mol. The fraction of sp³-hybridized carbons (Fsp3) is 0.613. The number of piperidine rings is 2. The van der Waals surface area contributed by atoms with Crippen LogP contribution in [0.1, 0.15) is 81.0 Å². The van der Waals surface area contributed by atoms with Crippen LogP contribution in [0.25, 0.3) is 0 Å². The summed E-state index contributed by atoms with van der Waals surface area (Å²) >= 11 is 0. The van der Waals surface area contributed by atoms with E-state index in [1.807, 2.05) is 0 Å². The van der Waals surface area contributed by atoms with Crippen molar-refractivity contribution in [2.24, 2.45) is 5.41 Å². The maximum absolute atomic E-state index is 15.3. The summed E-state index contributed by atoms with van der Waals surface area (Å²) < 4.78 is 30.6. The van der Waals surface area contributed by atoms with E-state index < -0.39 is 17.5 Å². The third kappa shape index (κ3) is 4.79. The Labute approximate surface area is 245 Å². The van der Waals surface area contributed by atoms with Crippen LogP contribution in [0, 0.1) is 17.0 Å². The second kappa shape index (κ2) is 10.4. The molecular formula is C31H39F2N7O2. The van der Waals surface area contributed by atoms with Crippen molar-refractivity contribution in [1.29, 1.82) is 0 Å². The summed E-state index contributed by atoms with van der Waals surface area (Å²) in [5.74, 6) is -1.35. The van der Waals surface area contributed by atoms with E-state index in [1.54, 1.807) is 18.1 Å². The molecule has 11 heteroatoms. The molecule has 5 aliphatic rings. The van der Waals surface area contributed by atoms with Gasteiger partial charge in [-0.05, 0) is 64.5 Å². The lowest BCUT2D eigenvalue weighted by Gasteiger charge is -2.47. The maximum Gasteiger partial charge on any atom is 0.254 e. The van der Waals surface area contributed by atoms with Gasteiger partial charge in [-0.15, -0.1) is 0 Å². The molecule has 0 radical (unpaired) electrons. The average Bonchev–Trinajstić information content (AvgIpc) is 3.56. The summed E-state index contributed by atoms with van der Waals surface area (Å²) in [6.07, 6.45) is 12.6. The second-order valence-corrected chi connectivity index (χ2v) is 13.1. The summed E-state index contributed by atoms with van der Waals surface area (Å²) in [7, 11) is 3.89. The van der Waals surface area contributed by atoms with Crippen molar-refractivity contribution in [3.63, 3.8) is 0 Å². The van der Waals surface area contributed by atoms with Crippen LogP contribution in [-0.2, 0) is 4.79 Å². The first-order valence-corrected chi connectivity index (χ1v) is 15.4. The quantitative estimate of drug-likeness (QED) is 0.528. The smallest absolute Gasteiger partial charge is 0.254 e. The Balaban J connectivity index is 1.11. The summed E-state index contributed by atoms with van der Waals surface area (Å²) in [5.41, 5.74) is -0.226. The van der Waals surface area contributed by atoms with Crippen LogP contribution in [0.15, 0.2) is 18.3 Å². The van der Waals surface area contributed by atoms with E-state index in [0.29, 0.717) is 30.1 Å². The first-order valence-electron chi connectivity index (χ1n) is 15.4. The number of amides is 2. The second-order valence-electron chi connectivity index (χ2n) is 13.1. The summed E-state index contributed by atoms with van der Waals surface area (Å²) in [6.45, 7) is 0.607. The van der Waals surface area contributed by atoms with E-state index in [4.69, 9.17) is 4.98 Å². The Hall–Kier alpha value is -3.34. The van der Waals surface area contributed by atoms with E-state index in [1.165, 1.54) is 6.42 Å². The van der Waals surface area contributed by atoms with Gasteiger partial charge in [0.15, 0.2) is 5.82 Å². The number of rotatable bonds is 5. The minimum Gasteiger partial charge on any atom is -0.351 e. The summed E-state index contributed by atoms with van der Waals surface area (Å²) in [4.78, 5) is 41.7. The monoisotopic (exact) mass is 579 g/mol. The fourth-order valence-corrected chi connectivity index (χ4v) is 7.78. The van der Waals surface area contributed by atoms with Crippen LogP contribution in [-0.4, -0.2) is 71.5 Å². The van der Waals surface area contributed by atoms with Gasteiger partial charge >= 0.3 is 0 Å². The molecule has 2 amide bonds. The predicted octanol–water partition coefficient (Wildman–Crippen LogP) is 4.75. The minimum atomic E-state index is -0.812. The Morgan fingerprint density at radius 3 is 2.36 bits per heavy atom. The van der Waals surface area contributed by atoms with E-state index >= 15 is 8.78 Å². The molecule has 3 aliphatic heterocycles. The normalized spacial score (nSPS) is 27.1. The van der Waals surface area contributed by atoms with Crippen LogP contribution in [0.5, 0.6) is 0 Å². The number of nitrogens with zero attached hydrogens (tertiary/aromatic N) is 5. The van der Waals surface area contributed by atoms with Gasteiger partial charge in [0.25, 0.3) is 5.91 Å². The highest BCUT2D eigenvalue weighted by Crippen LogP contribution is 2.52. The number of carbonyl (C=O) groups excluding carboxylic acids is 2. The molecule has 224 valence electrons. The molecule has 2 saturated carbocycles. The van der Waals surface area contributed by atoms with Gasteiger partial charge in [0.05, 0.1) is 22.9 Å². The van der Waals surface area contributed by atoms with Gasteiger partial charge in [0.1, 0.15) is 17.3 Å². The molecule has 4 heterocycles. The number of aromatic nitrogens is 2. The van der Waals surface area contributed by atoms with Crippen LogP contribution < -0.4 is 20.4 Å². The highest BCUT2D eigenvalue weighted by atomic mass is 19.1. The van der Waals surface area contributed by atoms with Crippen LogP contribution >= 0.6 is 0 Å². The highest BCUT2D eigenvalue weighted by molar-refractivity contribution is 6.02. The van der Waals surface area contributed by atoms with Gasteiger partial charge in [0, 0.05) is 43.8 Å². The van der Waals surface area contributed by atoms with Gasteiger partial charge < -0.3 is 25.3 Å². The number of nitrogens with one attached hydrogen (secondary N) is 2. The number of fused-ring (bicyclic) bond motifs is 3. The van der Waals surface area contributed by atoms with Crippen LogP contribution in [0.4, 0.5) is 31.9 Å². The Morgan fingerprint density at radius 1 is 0.976 bits per heavy atom. The number of halogens is 2. The molecule has 1 aromatic heterocycles. The van der Waals surface area contributed by atoms with Crippen molar-refractivity contribution in [3.05, 3.63) is 35.5 Å². The lowest BCUT2D eigenvalue weighted by atomic mass is 9.82. The highest BCUT2D eigenvalue weighted by Gasteiger charge is 2.55. The van der Waals surface area contributed by atoms with E-state index in [-0.39, 0.29) is 40.6 Å². The van der Waals surface area contributed by atoms with E-state index in [0.717, 1.165) is 76.3 Å². The number of benzene rings is 1. The minimum absolute atomic E-state index is 0.0557. The van der Waals surface area contributed by atoms with Gasteiger partial charge in [-0.1, -0.05) is 19.3 Å². The first-order chi connectivity index (χ1) is 20.2. The molecule has 2 aliphatic carbocycles. The standard InChI is InChI=1S/C31H39F2N7O2/c1-38-20-8-5-9-21(38)13-18(12-20)35-28(41)22-14-24(33)25(15-23(22)32)36-30-34-16-26-27(37-30)40(19-6-3-4-7-19)17-31(10-11-31)29(42)39(26)2/h14-16,18-21H,3-13,17H2,1-2H3,(H,35,41)(H,34,36,37)/t18-,20+,21-. The van der Waals surface area contributed by atoms with Gasteiger partial charge in [-0.2, -0.15) is 4.98 Å². The molecule has 2 aromatic rings. The average molecular weight is 580 g/mol. The molecule has 1 aromatic carbocycles. The van der Waals surface area contributed by atoms with Crippen molar-refractivity contribution >= 4 is 35.0 Å². The van der Waals surface area contributed by atoms with Crippen molar-refractivity contribution in [1.82, 2.24) is 20.2 Å². The van der Waals surface area contributed by atoms with Gasteiger partial charge in [-0.25, -0.2) is 13.8 Å². The lowest BCUT2D eigenvalue weighted by Crippen LogP contribution is -2.55. The molecule has 3 atom stereocenters. The topological polar surface area (TPSA) is 93.7 Å². The molecular weight excluding hydrogens is 540 g/mol. The molecule has 0 unspecified atom stereocenters. The lowest BCUT2D eigenvalue weighted by molar-refractivity contribution is -0.122. The zero-order valence-electron chi connectivity index (χ0n) is 24.3. The third-order valence-corrected chi connectivity index (χ3v) is 10.5. The number of hydrogen-bond donors (Lipinski definition) is 2. The Bertz CT molecular complexity index is 1400. The Kier molecular flexibility index (Phi) is 6.83.